The number of aryl methyl sites for hydroxylation is 2. The monoisotopic (exact) mass is 338 g/mol. The van der Waals surface area contributed by atoms with Gasteiger partial charge in [-0.05, 0) is 20.4 Å². The smallest absolute Gasteiger partial charge is 0.191 e. The van der Waals surface area contributed by atoms with E-state index in [0.717, 1.165) is 36.3 Å². The summed E-state index contributed by atoms with van der Waals surface area (Å²) in [5.41, 5.74) is 1.12. The molecule has 1 aromatic rings. The molecule has 0 saturated carbocycles. The zero-order valence-electron chi connectivity index (χ0n) is 14.9. The molecule has 23 heavy (non-hydrogen) atoms. The number of aromatic nitrogens is 1. The van der Waals surface area contributed by atoms with Gasteiger partial charge in [-0.3, -0.25) is 9.89 Å². The third-order valence-corrected chi connectivity index (χ3v) is 5.35. The number of piperazine rings is 1. The maximum atomic E-state index is 4.46. The molecular formula is C16H30N6S. The molecule has 0 atom stereocenters. The van der Waals surface area contributed by atoms with E-state index in [-0.39, 0.29) is 0 Å². The molecule has 2 N–H and O–H groups in total. The second kappa shape index (κ2) is 9.20. The third kappa shape index (κ3) is 5.75. The minimum atomic E-state index is 0.784. The summed E-state index contributed by atoms with van der Waals surface area (Å²) in [7, 11) is 1.82. The van der Waals surface area contributed by atoms with Crippen molar-refractivity contribution < 1.29 is 0 Å². The summed E-state index contributed by atoms with van der Waals surface area (Å²) >= 11 is 1.75. The van der Waals surface area contributed by atoms with Crippen LogP contribution in [0.5, 0.6) is 0 Å². The second-order valence-electron chi connectivity index (χ2n) is 5.87. The van der Waals surface area contributed by atoms with Gasteiger partial charge in [0.15, 0.2) is 5.96 Å². The van der Waals surface area contributed by atoms with Gasteiger partial charge in [0.05, 0.1) is 17.2 Å². The van der Waals surface area contributed by atoms with E-state index in [0.29, 0.717) is 0 Å². The molecule has 7 heteroatoms. The Labute approximate surface area is 144 Å². The van der Waals surface area contributed by atoms with E-state index in [9.17, 15) is 0 Å². The predicted molar refractivity (Wildman–Crippen MR) is 98.3 cm³/mol. The molecule has 2 heterocycles. The Bertz CT molecular complexity index is 505. The zero-order valence-corrected chi connectivity index (χ0v) is 15.7. The molecule has 0 unspecified atom stereocenters. The number of hydrogen-bond acceptors (Lipinski definition) is 5. The van der Waals surface area contributed by atoms with Gasteiger partial charge in [0.25, 0.3) is 0 Å². The highest BCUT2D eigenvalue weighted by Crippen LogP contribution is 2.16. The molecule has 130 valence electrons. The van der Waals surface area contributed by atoms with E-state index in [1.54, 1.807) is 11.3 Å². The Morgan fingerprint density at radius 1 is 1.17 bits per heavy atom. The summed E-state index contributed by atoms with van der Waals surface area (Å²) in [4.78, 5) is 15.1. The van der Waals surface area contributed by atoms with Gasteiger partial charge in [-0.1, -0.05) is 6.92 Å². The zero-order chi connectivity index (χ0) is 16.7. The number of nitrogens with zero attached hydrogens (tertiary/aromatic N) is 4. The number of likely N-dealkylation sites (N-methyl/N-ethyl adjacent to an activating group) is 1. The van der Waals surface area contributed by atoms with Gasteiger partial charge >= 0.3 is 0 Å². The summed E-state index contributed by atoms with van der Waals surface area (Å²) in [6.45, 7) is 15.0. The topological polar surface area (TPSA) is 55.8 Å². The molecule has 1 aliphatic rings. The maximum Gasteiger partial charge on any atom is 0.191 e. The molecule has 0 radical (unpaired) electrons. The van der Waals surface area contributed by atoms with Crippen LogP contribution in [0.4, 0.5) is 0 Å². The van der Waals surface area contributed by atoms with Gasteiger partial charge in [-0.25, -0.2) is 4.98 Å². The normalized spacial score (nSPS) is 17.5. The minimum absolute atomic E-state index is 0.784. The summed E-state index contributed by atoms with van der Waals surface area (Å²) < 4.78 is 0. The van der Waals surface area contributed by atoms with E-state index >= 15 is 0 Å². The fraction of sp³-hybridized carbons (Fsp3) is 0.750. The molecule has 0 spiro atoms. The molecule has 0 aromatic carbocycles. The lowest BCUT2D eigenvalue weighted by Gasteiger charge is -2.34. The van der Waals surface area contributed by atoms with Crippen LogP contribution >= 0.6 is 11.3 Å². The van der Waals surface area contributed by atoms with Gasteiger partial charge in [0.2, 0.25) is 0 Å². The largest absolute Gasteiger partial charge is 0.355 e. The number of aliphatic imine (C=N–C) groups is 1. The lowest BCUT2D eigenvalue weighted by atomic mass is 10.3. The van der Waals surface area contributed by atoms with Crippen molar-refractivity contribution in [1.82, 2.24) is 25.4 Å². The number of guanidine groups is 1. The van der Waals surface area contributed by atoms with Crippen LogP contribution in [0.15, 0.2) is 4.99 Å². The van der Waals surface area contributed by atoms with Crippen LogP contribution in [0.3, 0.4) is 0 Å². The first-order valence-electron chi connectivity index (χ1n) is 8.44. The predicted octanol–water partition coefficient (Wildman–Crippen LogP) is 1.06. The molecule has 0 amide bonds. The van der Waals surface area contributed by atoms with Crippen molar-refractivity contribution in [3.63, 3.8) is 0 Å². The quantitative estimate of drug-likeness (QED) is 0.600. The van der Waals surface area contributed by atoms with Crippen molar-refractivity contribution in [2.75, 3.05) is 52.9 Å². The first-order chi connectivity index (χ1) is 11.1. The Hall–Kier alpha value is -1.18. The van der Waals surface area contributed by atoms with Crippen LogP contribution in [-0.2, 0) is 6.54 Å². The Kier molecular flexibility index (Phi) is 7.26. The van der Waals surface area contributed by atoms with Crippen LogP contribution in [0.2, 0.25) is 0 Å². The van der Waals surface area contributed by atoms with E-state index in [2.05, 4.69) is 44.3 Å². The van der Waals surface area contributed by atoms with Crippen LogP contribution < -0.4 is 10.6 Å². The number of thiazole rings is 1. The standard InChI is InChI=1S/C16H30N6S/c1-5-21-8-10-22(11-9-21)7-6-18-16(17-4)19-12-15-13(2)20-14(3)23-15/h5-12H2,1-4H3,(H2,17,18,19). The summed E-state index contributed by atoms with van der Waals surface area (Å²) in [6, 6.07) is 0. The molecule has 6 nitrogen and oxygen atoms in total. The molecular weight excluding hydrogens is 308 g/mol. The highest BCUT2D eigenvalue weighted by atomic mass is 32.1. The molecule has 2 rings (SSSR count). The van der Waals surface area contributed by atoms with Crippen LogP contribution in [-0.4, -0.2) is 73.6 Å². The summed E-state index contributed by atoms with van der Waals surface area (Å²) in [5, 5.41) is 7.90. The van der Waals surface area contributed by atoms with Crippen molar-refractivity contribution in [1.29, 1.82) is 0 Å². The van der Waals surface area contributed by atoms with E-state index in [4.69, 9.17) is 0 Å². The van der Waals surface area contributed by atoms with Gasteiger partial charge in [-0.15, -0.1) is 11.3 Å². The SMILES string of the molecule is CCN1CCN(CCNC(=NC)NCc2sc(C)nc2C)CC1. The van der Waals surface area contributed by atoms with Crippen molar-refractivity contribution >= 4 is 17.3 Å². The Balaban J connectivity index is 1.66. The van der Waals surface area contributed by atoms with E-state index in [1.165, 1.54) is 37.6 Å². The Morgan fingerprint density at radius 2 is 1.87 bits per heavy atom. The van der Waals surface area contributed by atoms with Crippen molar-refractivity contribution in [3.8, 4) is 0 Å². The van der Waals surface area contributed by atoms with Crippen LogP contribution in [0, 0.1) is 13.8 Å². The molecule has 1 saturated heterocycles. The fourth-order valence-corrected chi connectivity index (χ4v) is 3.66. The van der Waals surface area contributed by atoms with Gasteiger partial charge in [0, 0.05) is 51.2 Å². The highest BCUT2D eigenvalue weighted by molar-refractivity contribution is 7.11. The lowest BCUT2D eigenvalue weighted by Crippen LogP contribution is -2.49. The van der Waals surface area contributed by atoms with Crippen molar-refractivity contribution in [3.05, 3.63) is 15.6 Å². The molecule has 0 aliphatic carbocycles. The average Bonchev–Trinajstić information content (AvgIpc) is 2.89. The summed E-state index contributed by atoms with van der Waals surface area (Å²) in [5.74, 6) is 0.864. The van der Waals surface area contributed by atoms with E-state index < -0.39 is 0 Å². The summed E-state index contributed by atoms with van der Waals surface area (Å²) in [6.07, 6.45) is 0. The minimum Gasteiger partial charge on any atom is -0.355 e. The molecule has 1 aliphatic heterocycles. The molecule has 1 fully saturated rings. The maximum absolute atomic E-state index is 4.46. The average molecular weight is 339 g/mol. The third-order valence-electron chi connectivity index (χ3n) is 4.27. The Morgan fingerprint density at radius 3 is 2.43 bits per heavy atom. The fourth-order valence-electron chi connectivity index (χ4n) is 2.78. The van der Waals surface area contributed by atoms with Gasteiger partial charge in [0.1, 0.15) is 0 Å². The van der Waals surface area contributed by atoms with Crippen molar-refractivity contribution in [2.24, 2.45) is 4.99 Å². The van der Waals surface area contributed by atoms with Crippen molar-refractivity contribution in [2.45, 2.75) is 27.3 Å². The van der Waals surface area contributed by atoms with Crippen LogP contribution in [0.1, 0.15) is 22.5 Å². The number of nitrogens with one attached hydrogen (secondary N) is 2. The van der Waals surface area contributed by atoms with Gasteiger partial charge in [-0.2, -0.15) is 0 Å². The lowest BCUT2D eigenvalue weighted by molar-refractivity contribution is 0.139. The molecule has 1 aromatic heterocycles. The second-order valence-corrected chi connectivity index (χ2v) is 7.16. The van der Waals surface area contributed by atoms with E-state index in [1.807, 2.05) is 14.0 Å². The first-order valence-corrected chi connectivity index (χ1v) is 9.26. The highest BCUT2D eigenvalue weighted by Gasteiger charge is 2.14. The molecule has 0 bridgehead atoms. The number of hydrogen-bond donors (Lipinski definition) is 2. The first kappa shape index (κ1) is 18.2. The number of rotatable bonds is 6. The van der Waals surface area contributed by atoms with Crippen LogP contribution in [0.25, 0.3) is 0 Å². The van der Waals surface area contributed by atoms with Gasteiger partial charge < -0.3 is 15.5 Å².